The van der Waals surface area contributed by atoms with Crippen LogP contribution in [0.4, 0.5) is 10.6 Å². The predicted octanol–water partition coefficient (Wildman–Crippen LogP) is 4.86. The smallest absolute Gasteiger partial charge is 0.407 e. The molecule has 2 aliphatic heterocycles. The van der Waals surface area contributed by atoms with Crippen LogP contribution in [0.3, 0.4) is 0 Å². The van der Waals surface area contributed by atoms with Crippen molar-refractivity contribution in [3.05, 3.63) is 42.9 Å². The molecule has 6 heterocycles. The van der Waals surface area contributed by atoms with Gasteiger partial charge in [0.2, 0.25) is 24.6 Å². The number of thiazole rings is 1. The van der Waals surface area contributed by atoms with Crippen LogP contribution in [-0.4, -0.2) is 119 Å². The van der Waals surface area contributed by atoms with Crippen LogP contribution in [0.15, 0.2) is 37.1 Å². The first-order chi connectivity index (χ1) is 26.5. The summed E-state index contributed by atoms with van der Waals surface area (Å²) in [7, 11) is 4.51. The van der Waals surface area contributed by atoms with Crippen LogP contribution in [0.1, 0.15) is 78.6 Å². The van der Waals surface area contributed by atoms with Gasteiger partial charge in [0.25, 0.3) is 0 Å². The molecule has 4 N–H and O–H groups in total. The number of alkyl carbamates (subject to hydrolysis) is 1. The molecule has 4 aromatic heterocycles. The fraction of sp³-hybridized carbons (Fsp3) is 0.541. The summed E-state index contributed by atoms with van der Waals surface area (Å²) in [6.45, 7) is 13.1. The molecule has 0 spiro atoms. The number of ether oxygens (including phenoxy) is 2. The van der Waals surface area contributed by atoms with Gasteiger partial charge in [0.1, 0.15) is 17.4 Å². The number of aromatic nitrogens is 5. The number of methoxy groups -OCH3 is 2. The maximum atomic E-state index is 12.6. The van der Waals surface area contributed by atoms with Gasteiger partial charge in [0, 0.05) is 58.0 Å². The summed E-state index contributed by atoms with van der Waals surface area (Å²) in [6, 6.07) is 1.82. The first-order valence-electron chi connectivity index (χ1n) is 18.3. The van der Waals surface area contributed by atoms with Gasteiger partial charge < -0.3 is 44.8 Å². The molecule has 0 aliphatic carbocycles. The zero-order valence-corrected chi connectivity index (χ0v) is 34.1. The summed E-state index contributed by atoms with van der Waals surface area (Å²) in [5.41, 5.74) is 1.80. The topological polar surface area (TPSA) is 197 Å². The van der Waals surface area contributed by atoms with Crippen molar-refractivity contribution < 1.29 is 33.4 Å². The number of likely N-dealkylation sites (tertiary alicyclic amines) is 2. The second kappa shape index (κ2) is 25.0. The molecule has 17 nitrogen and oxygen atoms in total. The van der Waals surface area contributed by atoms with Crippen LogP contribution in [0.25, 0.3) is 21.2 Å². The van der Waals surface area contributed by atoms with E-state index in [1.165, 1.54) is 24.9 Å². The molecule has 4 aromatic rings. The number of carbonyl (C=O) groups excluding carboxylic acids is 5. The van der Waals surface area contributed by atoms with Gasteiger partial charge in [-0.1, -0.05) is 52.4 Å². The number of H-pyrrole nitrogens is 1. The van der Waals surface area contributed by atoms with E-state index in [4.69, 9.17) is 0 Å². The van der Waals surface area contributed by atoms with E-state index in [-0.39, 0.29) is 30.9 Å². The van der Waals surface area contributed by atoms with Crippen LogP contribution in [0, 0.1) is 5.92 Å². The molecular weight excluding hydrogens is 729 g/mol. The van der Waals surface area contributed by atoms with Crippen molar-refractivity contribution in [1.29, 1.82) is 0 Å². The van der Waals surface area contributed by atoms with Crippen molar-refractivity contribution in [1.82, 2.24) is 44.4 Å². The second-order valence-electron chi connectivity index (χ2n) is 13.2. The van der Waals surface area contributed by atoms with Gasteiger partial charge in [-0.2, -0.15) is 0 Å². The Kier molecular flexibility index (Phi) is 20.8. The molecule has 2 fully saturated rings. The highest BCUT2D eigenvalue weighted by atomic mass is 32.1. The van der Waals surface area contributed by atoms with Gasteiger partial charge >= 0.3 is 6.09 Å². The Morgan fingerprint density at radius 1 is 0.982 bits per heavy atom. The molecule has 18 heteroatoms. The largest absolute Gasteiger partial charge is 0.453 e. The number of hydrogen-bond acceptors (Lipinski definition) is 10. The standard InChI is InChI=1S/C21H22N8O4S.C7H12N2O2.C4H10.C3H8.C2H6O/c1-33-21(32)23-8-17(31)29-5-2-3-15(29)19-22-7-14(25-19)13-4-6-27(9-13)18-11-28-10-16(24-12-30)26-20(28)34-18;10-6-8-5-7(11)9-3-1-2-4-9;1-4(2)3;2*1-3-2/h4,6-7,9-12,15H,2-3,5,8H2,1H3,(H,22,25)(H,23,32)(H,24,30);6H,1-5H2,(H,8,10);4H,1-3H3;3H2,1-2H3;1-2H3/t15-;;;;/m0..../s1. The number of amides is 5. The molecule has 55 heavy (non-hydrogen) atoms. The first kappa shape index (κ1) is 45.9. The summed E-state index contributed by atoms with van der Waals surface area (Å²) < 4.78 is 12.6. The molecule has 0 saturated carbocycles. The Hall–Kier alpha value is -5.23. The summed E-state index contributed by atoms with van der Waals surface area (Å²) in [6.07, 6.45) is 15.0. The van der Waals surface area contributed by atoms with E-state index in [0.29, 0.717) is 25.2 Å². The van der Waals surface area contributed by atoms with E-state index in [1.54, 1.807) is 36.4 Å². The average Bonchev–Trinajstić information content (AvgIpc) is 4.00. The lowest BCUT2D eigenvalue weighted by Gasteiger charge is -2.23. The Bertz CT molecular complexity index is 1710. The van der Waals surface area contributed by atoms with Crippen molar-refractivity contribution in [3.63, 3.8) is 0 Å². The molecule has 2 saturated heterocycles. The predicted molar refractivity (Wildman–Crippen MR) is 213 cm³/mol. The van der Waals surface area contributed by atoms with Crippen LogP contribution >= 0.6 is 11.3 Å². The van der Waals surface area contributed by atoms with Crippen molar-refractivity contribution >= 4 is 52.8 Å². The first-order valence-corrected chi connectivity index (χ1v) is 19.2. The number of nitrogens with zero attached hydrogens (tertiary/aromatic N) is 6. The van der Waals surface area contributed by atoms with E-state index in [1.807, 2.05) is 33.6 Å². The van der Waals surface area contributed by atoms with Gasteiger partial charge in [0.15, 0.2) is 10.8 Å². The zero-order chi connectivity index (χ0) is 40.8. The van der Waals surface area contributed by atoms with Gasteiger partial charge in [-0.25, -0.2) is 14.8 Å². The van der Waals surface area contributed by atoms with Gasteiger partial charge in [0.05, 0.1) is 37.8 Å². The van der Waals surface area contributed by atoms with E-state index < -0.39 is 6.09 Å². The second-order valence-corrected chi connectivity index (χ2v) is 14.1. The average molecular weight is 787 g/mol. The molecule has 1 atom stereocenters. The van der Waals surface area contributed by atoms with Crippen LogP contribution < -0.4 is 16.0 Å². The quantitative estimate of drug-likeness (QED) is 0.162. The summed E-state index contributed by atoms with van der Waals surface area (Å²) in [5.74, 6) is 1.91. The normalized spacial score (nSPS) is 14.2. The molecule has 0 aromatic carbocycles. The molecule has 5 amide bonds. The summed E-state index contributed by atoms with van der Waals surface area (Å²) >= 11 is 1.49. The van der Waals surface area contributed by atoms with Crippen LogP contribution in [0.5, 0.6) is 0 Å². The number of aromatic amines is 1. The minimum Gasteiger partial charge on any atom is -0.453 e. The lowest BCUT2D eigenvalue weighted by atomic mass is 10.2. The molecule has 0 radical (unpaired) electrons. The van der Waals surface area contributed by atoms with Gasteiger partial charge in [-0.05, 0) is 37.7 Å². The number of imidazole rings is 2. The number of nitrogens with one attached hydrogen (secondary N) is 4. The Morgan fingerprint density at radius 2 is 1.65 bits per heavy atom. The molecule has 0 unspecified atom stereocenters. The molecule has 6 rings (SSSR count). The minimum absolute atomic E-state index is 0.0228. The summed E-state index contributed by atoms with van der Waals surface area (Å²) in [4.78, 5) is 71.9. The molecular formula is C37H58N10O7S. The van der Waals surface area contributed by atoms with E-state index in [9.17, 15) is 24.0 Å². The van der Waals surface area contributed by atoms with Crippen molar-refractivity contribution in [3.8, 4) is 16.3 Å². The van der Waals surface area contributed by atoms with E-state index in [0.717, 1.165) is 71.7 Å². The minimum atomic E-state index is -0.633. The Morgan fingerprint density at radius 3 is 2.25 bits per heavy atom. The monoisotopic (exact) mass is 786 g/mol. The number of anilines is 1. The van der Waals surface area contributed by atoms with Crippen molar-refractivity contribution in [2.45, 2.75) is 72.8 Å². The van der Waals surface area contributed by atoms with Crippen molar-refractivity contribution in [2.24, 2.45) is 5.92 Å². The number of rotatable bonds is 10. The number of hydrogen-bond donors (Lipinski definition) is 4. The maximum Gasteiger partial charge on any atom is 0.407 e. The third kappa shape index (κ3) is 15.2. The fourth-order valence-corrected chi connectivity index (χ4v) is 6.18. The van der Waals surface area contributed by atoms with E-state index >= 15 is 0 Å². The molecule has 304 valence electrons. The highest BCUT2D eigenvalue weighted by Crippen LogP contribution is 2.32. The number of carbonyl (C=O) groups is 5. The van der Waals surface area contributed by atoms with Crippen molar-refractivity contribution in [2.75, 3.05) is 59.4 Å². The van der Waals surface area contributed by atoms with Gasteiger partial charge in [-0.15, -0.1) is 0 Å². The van der Waals surface area contributed by atoms with Crippen LogP contribution in [-0.2, 0) is 28.7 Å². The van der Waals surface area contributed by atoms with E-state index in [2.05, 4.69) is 75.0 Å². The Balaban J connectivity index is 0.000000410. The molecule has 2 aliphatic rings. The third-order valence-corrected chi connectivity index (χ3v) is 8.47. The number of fused-ring (bicyclic) bond motifs is 1. The molecule has 0 bridgehead atoms. The van der Waals surface area contributed by atoms with Crippen LogP contribution in [0.2, 0.25) is 0 Å². The highest BCUT2D eigenvalue weighted by Gasteiger charge is 2.32. The lowest BCUT2D eigenvalue weighted by molar-refractivity contribution is -0.131. The maximum absolute atomic E-state index is 12.6. The third-order valence-electron chi connectivity index (χ3n) is 7.46. The highest BCUT2D eigenvalue weighted by molar-refractivity contribution is 7.19. The fourth-order valence-electron chi connectivity index (χ4n) is 5.26. The summed E-state index contributed by atoms with van der Waals surface area (Å²) in [5, 5.41) is 8.31. The lowest BCUT2D eigenvalue weighted by Crippen LogP contribution is -2.40. The SMILES string of the molecule is CC(C)C.CCC.COC.COC(=O)NCC(=O)N1CCC[C@H]1c1ncc(-c2ccn(-c3cn4cc(NC=O)nc4s3)c2)[nH]1.O=CNCC(=O)N1CCCC1. The zero-order valence-electron chi connectivity index (χ0n) is 33.3. The Labute approximate surface area is 327 Å². The van der Waals surface area contributed by atoms with Gasteiger partial charge in [-0.3, -0.25) is 23.6 Å².